The highest BCUT2D eigenvalue weighted by Gasteiger charge is 2.11. The second kappa shape index (κ2) is 10.4. The Morgan fingerprint density at radius 3 is 2.33 bits per heavy atom. The first kappa shape index (κ1) is 20.5. The number of hydrogen-bond acceptors (Lipinski definition) is 3. The van der Waals surface area contributed by atoms with Crippen LogP contribution in [0.2, 0.25) is 0 Å². The summed E-state index contributed by atoms with van der Waals surface area (Å²) in [5.41, 5.74) is 2.70. The van der Waals surface area contributed by atoms with Crippen LogP contribution in [0.25, 0.3) is 0 Å². The minimum atomic E-state index is -0.284. The lowest BCUT2D eigenvalue weighted by molar-refractivity contribution is -0.120. The third-order valence-electron chi connectivity index (χ3n) is 4.25. The van der Waals surface area contributed by atoms with Crippen LogP contribution < -0.4 is 15.4 Å². The van der Waals surface area contributed by atoms with Gasteiger partial charge in [0.25, 0.3) is 5.91 Å². The highest BCUT2D eigenvalue weighted by atomic mass is 16.5. The van der Waals surface area contributed by atoms with E-state index >= 15 is 0 Å². The fraction of sp³-hybridized carbons (Fsp3) is 0.364. The number of hydrogen-bond donors (Lipinski definition) is 2. The number of ether oxygens (including phenoxy) is 1. The molecule has 0 spiro atoms. The summed E-state index contributed by atoms with van der Waals surface area (Å²) in [7, 11) is 0. The molecule has 0 aromatic heterocycles. The Morgan fingerprint density at radius 2 is 1.70 bits per heavy atom. The van der Waals surface area contributed by atoms with Crippen molar-refractivity contribution in [3.05, 3.63) is 65.2 Å². The van der Waals surface area contributed by atoms with Crippen molar-refractivity contribution in [2.24, 2.45) is 0 Å². The van der Waals surface area contributed by atoms with E-state index < -0.39 is 0 Å². The molecule has 27 heavy (non-hydrogen) atoms. The summed E-state index contributed by atoms with van der Waals surface area (Å²) in [5.74, 6) is 0.230. The van der Waals surface area contributed by atoms with Gasteiger partial charge in [-0.1, -0.05) is 43.2 Å². The van der Waals surface area contributed by atoms with Crippen molar-refractivity contribution < 1.29 is 14.3 Å². The van der Waals surface area contributed by atoms with Crippen molar-refractivity contribution >= 4 is 11.8 Å². The molecule has 5 heteroatoms. The molecule has 5 nitrogen and oxygen atoms in total. The SMILES string of the molecule is CCCCOc1ccc(C(=O)NCC(=O)NC(C)c2ccc(C)cc2)cc1. The summed E-state index contributed by atoms with van der Waals surface area (Å²) in [6, 6.07) is 14.8. The van der Waals surface area contributed by atoms with Crippen molar-refractivity contribution in [3.8, 4) is 5.75 Å². The molecule has 0 aliphatic carbocycles. The molecule has 2 rings (SSSR count). The van der Waals surface area contributed by atoms with E-state index in [1.165, 1.54) is 5.56 Å². The molecule has 0 radical (unpaired) electrons. The Labute approximate surface area is 161 Å². The van der Waals surface area contributed by atoms with E-state index in [2.05, 4.69) is 17.6 Å². The molecule has 0 aliphatic heterocycles. The monoisotopic (exact) mass is 368 g/mol. The lowest BCUT2D eigenvalue weighted by Gasteiger charge is -2.15. The molecule has 2 N–H and O–H groups in total. The molecule has 0 saturated carbocycles. The Morgan fingerprint density at radius 1 is 1.04 bits per heavy atom. The lowest BCUT2D eigenvalue weighted by Crippen LogP contribution is -2.38. The fourth-order valence-corrected chi connectivity index (χ4v) is 2.53. The number of carbonyl (C=O) groups excluding carboxylic acids is 2. The normalized spacial score (nSPS) is 11.5. The van der Waals surface area contributed by atoms with Gasteiger partial charge in [-0.25, -0.2) is 0 Å². The first-order valence-electron chi connectivity index (χ1n) is 9.36. The van der Waals surface area contributed by atoms with E-state index in [1.807, 2.05) is 38.1 Å². The summed E-state index contributed by atoms with van der Waals surface area (Å²) in [6.07, 6.45) is 2.07. The van der Waals surface area contributed by atoms with Crippen LogP contribution in [0, 0.1) is 6.92 Å². The first-order chi connectivity index (χ1) is 13.0. The minimum absolute atomic E-state index is 0.0657. The number of unbranched alkanes of at least 4 members (excludes halogenated alkanes) is 1. The van der Waals surface area contributed by atoms with E-state index in [0.29, 0.717) is 12.2 Å². The average Bonchev–Trinajstić information content (AvgIpc) is 2.67. The van der Waals surface area contributed by atoms with Crippen molar-refractivity contribution in [2.75, 3.05) is 13.2 Å². The van der Waals surface area contributed by atoms with Gasteiger partial charge in [0.2, 0.25) is 5.91 Å². The van der Waals surface area contributed by atoms with Crippen molar-refractivity contribution in [2.45, 2.75) is 39.7 Å². The van der Waals surface area contributed by atoms with E-state index in [0.717, 1.165) is 24.2 Å². The summed E-state index contributed by atoms with van der Waals surface area (Å²) in [5, 5.41) is 5.53. The Bertz CT molecular complexity index is 739. The predicted molar refractivity (Wildman–Crippen MR) is 107 cm³/mol. The van der Waals surface area contributed by atoms with Gasteiger partial charge in [0.15, 0.2) is 0 Å². The van der Waals surface area contributed by atoms with Gasteiger partial charge in [0, 0.05) is 5.56 Å². The molecule has 0 aliphatic rings. The summed E-state index contributed by atoms with van der Waals surface area (Å²) in [4.78, 5) is 24.3. The minimum Gasteiger partial charge on any atom is -0.494 e. The highest BCUT2D eigenvalue weighted by molar-refractivity contribution is 5.96. The Kier molecular flexibility index (Phi) is 7.86. The molecule has 0 heterocycles. The van der Waals surface area contributed by atoms with Crippen molar-refractivity contribution in [1.82, 2.24) is 10.6 Å². The maximum Gasteiger partial charge on any atom is 0.251 e. The van der Waals surface area contributed by atoms with Crippen LogP contribution in [0.3, 0.4) is 0 Å². The number of rotatable bonds is 9. The maximum absolute atomic E-state index is 12.2. The van der Waals surface area contributed by atoms with Crippen LogP contribution in [0.1, 0.15) is 54.2 Å². The zero-order chi connectivity index (χ0) is 19.6. The Balaban J connectivity index is 1.78. The van der Waals surface area contributed by atoms with E-state index in [-0.39, 0.29) is 24.4 Å². The second-order valence-electron chi connectivity index (χ2n) is 6.61. The largest absolute Gasteiger partial charge is 0.494 e. The molecule has 1 atom stereocenters. The van der Waals surface area contributed by atoms with Crippen LogP contribution in [0.5, 0.6) is 5.75 Å². The van der Waals surface area contributed by atoms with Gasteiger partial charge in [-0.05, 0) is 50.1 Å². The number of amides is 2. The zero-order valence-electron chi connectivity index (χ0n) is 16.2. The van der Waals surface area contributed by atoms with Gasteiger partial charge in [-0.15, -0.1) is 0 Å². The first-order valence-corrected chi connectivity index (χ1v) is 9.36. The van der Waals surface area contributed by atoms with Crippen molar-refractivity contribution in [3.63, 3.8) is 0 Å². The zero-order valence-corrected chi connectivity index (χ0v) is 16.2. The van der Waals surface area contributed by atoms with Crippen LogP contribution in [-0.4, -0.2) is 25.0 Å². The van der Waals surface area contributed by atoms with Gasteiger partial charge < -0.3 is 15.4 Å². The van der Waals surface area contributed by atoms with E-state index in [9.17, 15) is 9.59 Å². The van der Waals surface area contributed by atoms with Gasteiger partial charge in [-0.3, -0.25) is 9.59 Å². The second-order valence-corrected chi connectivity index (χ2v) is 6.61. The topological polar surface area (TPSA) is 67.4 Å². The van der Waals surface area contributed by atoms with E-state index in [1.54, 1.807) is 24.3 Å². The highest BCUT2D eigenvalue weighted by Crippen LogP contribution is 2.14. The van der Waals surface area contributed by atoms with Gasteiger partial charge >= 0.3 is 0 Å². The molecule has 2 aromatic carbocycles. The van der Waals surface area contributed by atoms with Crippen LogP contribution in [-0.2, 0) is 4.79 Å². The fourth-order valence-electron chi connectivity index (χ4n) is 2.53. The van der Waals surface area contributed by atoms with Crippen LogP contribution >= 0.6 is 0 Å². The third kappa shape index (κ3) is 6.77. The third-order valence-corrected chi connectivity index (χ3v) is 4.25. The number of aryl methyl sites for hydroxylation is 1. The lowest BCUT2D eigenvalue weighted by atomic mass is 10.1. The molecule has 144 valence electrons. The molecular weight excluding hydrogens is 340 g/mol. The molecule has 2 amide bonds. The van der Waals surface area contributed by atoms with Gasteiger partial charge in [0.05, 0.1) is 19.2 Å². The summed E-state index contributed by atoms with van der Waals surface area (Å²) < 4.78 is 5.58. The van der Waals surface area contributed by atoms with Gasteiger partial charge in [0.1, 0.15) is 5.75 Å². The maximum atomic E-state index is 12.2. The summed E-state index contributed by atoms with van der Waals surface area (Å²) >= 11 is 0. The number of nitrogens with one attached hydrogen (secondary N) is 2. The Hall–Kier alpha value is -2.82. The molecule has 0 saturated heterocycles. The number of carbonyl (C=O) groups is 2. The van der Waals surface area contributed by atoms with Gasteiger partial charge in [-0.2, -0.15) is 0 Å². The van der Waals surface area contributed by atoms with Crippen LogP contribution in [0.15, 0.2) is 48.5 Å². The smallest absolute Gasteiger partial charge is 0.251 e. The molecule has 0 bridgehead atoms. The number of benzene rings is 2. The average molecular weight is 368 g/mol. The molecule has 2 aromatic rings. The molecular formula is C22H28N2O3. The summed E-state index contributed by atoms with van der Waals surface area (Å²) in [6.45, 7) is 6.65. The molecule has 0 fully saturated rings. The van der Waals surface area contributed by atoms with E-state index in [4.69, 9.17) is 4.74 Å². The standard InChI is InChI=1S/C22H28N2O3/c1-4-5-14-27-20-12-10-19(11-13-20)22(26)23-15-21(25)24-17(3)18-8-6-16(2)7-9-18/h6-13,17H,4-5,14-15H2,1-3H3,(H,23,26)(H,24,25). The van der Waals surface area contributed by atoms with Crippen molar-refractivity contribution in [1.29, 1.82) is 0 Å². The molecule has 1 unspecified atom stereocenters. The predicted octanol–water partition coefficient (Wildman–Crippen LogP) is 3.78. The van der Waals surface area contributed by atoms with Crippen LogP contribution in [0.4, 0.5) is 0 Å². The quantitative estimate of drug-likeness (QED) is 0.662.